The number of hydrogen-bond donors (Lipinski definition) is 0. The molecule has 0 saturated carbocycles. The summed E-state index contributed by atoms with van der Waals surface area (Å²) in [7, 11) is -1.23. The first-order valence-corrected chi connectivity index (χ1v) is 7.60. The first-order chi connectivity index (χ1) is 9.94. The molecule has 1 aromatic heterocycles. The zero-order valence-electron chi connectivity index (χ0n) is 11.0. The van der Waals surface area contributed by atoms with Crippen molar-refractivity contribution < 1.29 is 22.5 Å². The number of halogens is 2. The topological polar surface area (TPSA) is 66.2 Å². The largest absolute Gasteiger partial charge is 0.586 e. The van der Waals surface area contributed by atoms with Crippen LogP contribution in [-0.2, 0) is 23.8 Å². The van der Waals surface area contributed by atoms with Gasteiger partial charge in [0.05, 0.1) is 10.8 Å². The van der Waals surface area contributed by atoms with E-state index >= 15 is 0 Å². The van der Waals surface area contributed by atoms with Gasteiger partial charge < -0.3 is 14.0 Å². The molecule has 9 heteroatoms. The molecule has 0 spiro atoms. The fourth-order valence-corrected chi connectivity index (χ4v) is 2.65. The lowest BCUT2D eigenvalue weighted by molar-refractivity contribution is -0.286. The van der Waals surface area contributed by atoms with Crippen LogP contribution in [-0.4, -0.2) is 31.5 Å². The SMILES string of the molecule is CS(=O)c1nncn1CCc1ccc2c(c1)OC(F)(F)O2. The molecule has 0 aliphatic carbocycles. The van der Waals surface area contributed by atoms with Gasteiger partial charge in [-0.1, -0.05) is 6.07 Å². The first-order valence-electron chi connectivity index (χ1n) is 6.04. The predicted molar refractivity (Wildman–Crippen MR) is 68.7 cm³/mol. The van der Waals surface area contributed by atoms with Crippen LogP contribution in [0.4, 0.5) is 8.78 Å². The summed E-state index contributed by atoms with van der Waals surface area (Å²) in [6.07, 6.45) is -0.0764. The standard InChI is InChI=1S/C12H11F2N3O3S/c1-21(18)11-16-15-7-17(11)5-4-8-2-3-9-10(6-8)20-12(13,14)19-9/h2-3,6-7H,4-5H2,1H3. The maximum absolute atomic E-state index is 12.9. The lowest BCUT2D eigenvalue weighted by Crippen LogP contribution is -2.25. The van der Waals surface area contributed by atoms with Gasteiger partial charge in [-0.3, -0.25) is 4.21 Å². The van der Waals surface area contributed by atoms with Crippen molar-refractivity contribution >= 4 is 10.8 Å². The molecule has 1 atom stereocenters. The quantitative estimate of drug-likeness (QED) is 0.857. The molecule has 0 amide bonds. The minimum absolute atomic E-state index is 0.0144. The molecule has 2 aromatic rings. The van der Waals surface area contributed by atoms with Crippen LogP contribution in [0.5, 0.6) is 11.5 Å². The second-order valence-corrected chi connectivity index (χ2v) is 5.73. The Morgan fingerprint density at radius 2 is 2.10 bits per heavy atom. The maximum atomic E-state index is 12.9. The fraction of sp³-hybridized carbons (Fsp3) is 0.333. The summed E-state index contributed by atoms with van der Waals surface area (Å²) in [6, 6.07) is 4.62. The predicted octanol–water partition coefficient (Wildman–Crippen LogP) is 1.58. The van der Waals surface area contributed by atoms with Gasteiger partial charge in [-0.2, -0.15) is 0 Å². The second-order valence-electron chi connectivity index (χ2n) is 4.46. The molecule has 3 rings (SSSR count). The summed E-state index contributed by atoms with van der Waals surface area (Å²) in [6.45, 7) is 0.484. The molecule has 1 aliphatic heterocycles. The third kappa shape index (κ3) is 2.87. The number of nitrogens with zero attached hydrogens (tertiary/aromatic N) is 3. The average molecular weight is 315 g/mol. The Bertz CT molecular complexity index is 705. The van der Waals surface area contributed by atoms with E-state index in [-0.39, 0.29) is 11.5 Å². The number of fused-ring (bicyclic) bond motifs is 1. The van der Waals surface area contributed by atoms with E-state index < -0.39 is 17.1 Å². The van der Waals surface area contributed by atoms with Crippen LogP contribution < -0.4 is 9.47 Å². The molecule has 1 unspecified atom stereocenters. The molecule has 0 fully saturated rings. The summed E-state index contributed by atoms with van der Waals surface area (Å²) in [5, 5.41) is 7.86. The molecule has 1 aromatic carbocycles. The Labute approximate surface area is 121 Å². The van der Waals surface area contributed by atoms with Crippen LogP contribution in [0.3, 0.4) is 0 Å². The molecule has 112 valence electrons. The van der Waals surface area contributed by atoms with E-state index in [1.165, 1.54) is 24.7 Å². The summed E-state index contributed by atoms with van der Waals surface area (Å²) >= 11 is 0. The van der Waals surface area contributed by atoms with Gasteiger partial charge >= 0.3 is 6.29 Å². The number of ether oxygens (including phenoxy) is 2. The number of aromatic nitrogens is 3. The molecule has 0 saturated heterocycles. The average Bonchev–Trinajstić information content (AvgIpc) is 2.97. The summed E-state index contributed by atoms with van der Waals surface area (Å²) in [5.41, 5.74) is 0.789. The van der Waals surface area contributed by atoms with Crippen LogP contribution in [0.1, 0.15) is 5.56 Å². The van der Waals surface area contributed by atoms with E-state index in [1.807, 2.05) is 0 Å². The van der Waals surface area contributed by atoms with Crippen molar-refractivity contribution in [2.75, 3.05) is 6.26 Å². The van der Waals surface area contributed by atoms with Crippen molar-refractivity contribution in [3.8, 4) is 11.5 Å². The zero-order chi connectivity index (χ0) is 15.0. The van der Waals surface area contributed by atoms with E-state index in [9.17, 15) is 13.0 Å². The van der Waals surface area contributed by atoms with Gasteiger partial charge in [0.15, 0.2) is 11.5 Å². The molecule has 2 heterocycles. The van der Waals surface area contributed by atoms with Crippen molar-refractivity contribution in [3.05, 3.63) is 30.1 Å². The van der Waals surface area contributed by atoms with Crippen molar-refractivity contribution in [1.82, 2.24) is 14.8 Å². The number of aryl methyl sites for hydroxylation is 2. The maximum Gasteiger partial charge on any atom is 0.586 e. The van der Waals surface area contributed by atoms with Crippen LogP contribution in [0, 0.1) is 0 Å². The van der Waals surface area contributed by atoms with E-state index in [0.717, 1.165) is 5.56 Å². The van der Waals surface area contributed by atoms with Gasteiger partial charge in [0, 0.05) is 12.8 Å². The summed E-state index contributed by atoms with van der Waals surface area (Å²) in [4.78, 5) is 0. The van der Waals surface area contributed by atoms with Gasteiger partial charge in [-0.15, -0.1) is 19.0 Å². The number of benzene rings is 1. The minimum atomic E-state index is -3.61. The van der Waals surface area contributed by atoms with Gasteiger partial charge in [0.25, 0.3) is 0 Å². The van der Waals surface area contributed by atoms with E-state index in [1.54, 1.807) is 10.6 Å². The molecular weight excluding hydrogens is 304 g/mol. The lowest BCUT2D eigenvalue weighted by Gasteiger charge is -2.05. The number of alkyl halides is 2. The third-order valence-corrected chi connectivity index (χ3v) is 3.77. The normalized spacial score (nSPS) is 16.9. The fourth-order valence-electron chi connectivity index (χ4n) is 2.02. The van der Waals surface area contributed by atoms with Crippen molar-refractivity contribution in [3.63, 3.8) is 0 Å². The highest BCUT2D eigenvalue weighted by atomic mass is 32.2. The highest BCUT2D eigenvalue weighted by Crippen LogP contribution is 2.41. The number of rotatable bonds is 4. The third-order valence-electron chi connectivity index (χ3n) is 2.94. The smallest absolute Gasteiger partial charge is 0.395 e. The molecule has 0 radical (unpaired) electrons. The van der Waals surface area contributed by atoms with E-state index in [4.69, 9.17) is 0 Å². The van der Waals surface area contributed by atoms with E-state index in [2.05, 4.69) is 19.7 Å². The van der Waals surface area contributed by atoms with Gasteiger partial charge in [0.1, 0.15) is 6.33 Å². The van der Waals surface area contributed by atoms with Crippen molar-refractivity contribution in [1.29, 1.82) is 0 Å². The second kappa shape index (κ2) is 5.06. The Morgan fingerprint density at radius 1 is 1.33 bits per heavy atom. The molecule has 6 nitrogen and oxygen atoms in total. The van der Waals surface area contributed by atoms with Crippen LogP contribution >= 0.6 is 0 Å². The molecule has 0 N–H and O–H groups in total. The van der Waals surface area contributed by atoms with E-state index in [0.29, 0.717) is 18.1 Å². The van der Waals surface area contributed by atoms with Crippen molar-refractivity contribution in [2.24, 2.45) is 0 Å². The van der Waals surface area contributed by atoms with Gasteiger partial charge in [-0.05, 0) is 24.1 Å². The van der Waals surface area contributed by atoms with Crippen molar-refractivity contribution in [2.45, 2.75) is 24.4 Å². The molecule has 0 bridgehead atoms. The Balaban J connectivity index is 1.73. The van der Waals surface area contributed by atoms with Crippen LogP contribution in [0.2, 0.25) is 0 Å². The molecule has 1 aliphatic rings. The van der Waals surface area contributed by atoms with Crippen LogP contribution in [0.25, 0.3) is 0 Å². The van der Waals surface area contributed by atoms with Gasteiger partial charge in [0.2, 0.25) is 5.16 Å². The molecule has 21 heavy (non-hydrogen) atoms. The molecular formula is C12H11F2N3O3S. The highest BCUT2D eigenvalue weighted by molar-refractivity contribution is 7.84. The first kappa shape index (κ1) is 13.9. The van der Waals surface area contributed by atoms with Gasteiger partial charge in [-0.25, -0.2) is 0 Å². The van der Waals surface area contributed by atoms with Crippen LogP contribution in [0.15, 0.2) is 29.7 Å². The Hall–Kier alpha value is -2.03. The Morgan fingerprint density at radius 3 is 2.86 bits per heavy atom. The zero-order valence-corrected chi connectivity index (χ0v) is 11.8. The summed E-state index contributed by atoms with van der Waals surface area (Å²) < 4.78 is 47.7. The highest BCUT2D eigenvalue weighted by Gasteiger charge is 2.43. The minimum Gasteiger partial charge on any atom is -0.395 e. The monoisotopic (exact) mass is 315 g/mol. The summed E-state index contributed by atoms with van der Waals surface area (Å²) in [5.74, 6) is 0.0314. The Kier molecular flexibility index (Phi) is 3.36. The lowest BCUT2D eigenvalue weighted by atomic mass is 10.1. The number of hydrogen-bond acceptors (Lipinski definition) is 5.